The molecule has 0 spiro atoms. The zero-order valence-electron chi connectivity index (χ0n) is 9.31. The van der Waals surface area contributed by atoms with E-state index < -0.39 is 0 Å². The molecule has 16 heavy (non-hydrogen) atoms. The molecule has 0 radical (unpaired) electrons. The van der Waals surface area contributed by atoms with Gasteiger partial charge in [0, 0.05) is 31.8 Å². The van der Waals surface area contributed by atoms with Crippen LogP contribution in [0.3, 0.4) is 0 Å². The summed E-state index contributed by atoms with van der Waals surface area (Å²) in [6.45, 7) is 3.28. The summed E-state index contributed by atoms with van der Waals surface area (Å²) in [6, 6.07) is 2.46. The molecule has 0 aliphatic rings. The second-order valence-corrected chi connectivity index (χ2v) is 3.40. The minimum Gasteiger partial charge on any atom is -0.377 e. The first-order valence-corrected chi connectivity index (χ1v) is 5.29. The number of aromatic amines is 1. The third kappa shape index (κ3) is 3.63. The van der Waals surface area contributed by atoms with Crippen molar-refractivity contribution in [1.82, 2.24) is 9.78 Å². The van der Waals surface area contributed by atoms with E-state index in [0.29, 0.717) is 26.1 Å². The van der Waals surface area contributed by atoms with Crippen LogP contribution in [0.5, 0.6) is 0 Å². The summed E-state index contributed by atoms with van der Waals surface area (Å²) in [7, 11) is 0. The zero-order valence-corrected chi connectivity index (χ0v) is 9.31. The van der Waals surface area contributed by atoms with E-state index in [9.17, 15) is 9.59 Å². The highest BCUT2D eigenvalue weighted by molar-refractivity contribution is 4.85. The van der Waals surface area contributed by atoms with E-state index in [0.717, 1.165) is 0 Å². The molecule has 1 rings (SSSR count). The molecule has 90 valence electrons. The lowest BCUT2D eigenvalue weighted by Gasteiger charge is -2.14. The largest absolute Gasteiger partial charge is 0.377 e. The average molecular weight is 227 g/mol. The maximum atomic E-state index is 11.4. The second-order valence-electron chi connectivity index (χ2n) is 3.40. The number of ether oxygens (including phenoxy) is 1. The monoisotopic (exact) mass is 227 g/mol. The van der Waals surface area contributed by atoms with Crippen molar-refractivity contribution in [2.75, 3.05) is 13.2 Å². The second kappa shape index (κ2) is 6.24. The van der Waals surface area contributed by atoms with Crippen molar-refractivity contribution in [3.8, 4) is 0 Å². The van der Waals surface area contributed by atoms with Crippen LogP contribution >= 0.6 is 0 Å². The molecule has 0 aromatic carbocycles. The molecular weight excluding hydrogens is 210 g/mol. The van der Waals surface area contributed by atoms with Crippen LogP contribution in [0.4, 0.5) is 0 Å². The molecule has 1 heterocycles. The third-order valence-electron chi connectivity index (χ3n) is 2.23. The van der Waals surface area contributed by atoms with Crippen LogP contribution in [0.25, 0.3) is 0 Å². The molecule has 0 fully saturated rings. The van der Waals surface area contributed by atoms with Crippen LogP contribution < -0.4 is 16.9 Å². The lowest BCUT2D eigenvalue weighted by Crippen LogP contribution is -2.31. The summed E-state index contributed by atoms with van der Waals surface area (Å²) in [4.78, 5) is 22.4. The molecule has 0 amide bonds. The van der Waals surface area contributed by atoms with Crippen molar-refractivity contribution in [3.63, 3.8) is 0 Å². The first kappa shape index (κ1) is 12.7. The number of aryl methyl sites for hydroxylation is 1. The fourth-order valence-electron chi connectivity index (χ4n) is 1.41. The quantitative estimate of drug-likeness (QED) is 0.671. The summed E-state index contributed by atoms with van der Waals surface area (Å²) in [5.74, 6) is 0. The Morgan fingerprint density at radius 3 is 2.88 bits per heavy atom. The van der Waals surface area contributed by atoms with Gasteiger partial charge < -0.3 is 10.5 Å². The van der Waals surface area contributed by atoms with E-state index in [1.165, 1.54) is 16.8 Å². The molecule has 0 aliphatic heterocycles. The van der Waals surface area contributed by atoms with E-state index in [4.69, 9.17) is 10.5 Å². The Morgan fingerprint density at radius 2 is 2.25 bits per heavy atom. The van der Waals surface area contributed by atoms with Crippen molar-refractivity contribution < 1.29 is 4.74 Å². The van der Waals surface area contributed by atoms with Gasteiger partial charge in [0.2, 0.25) is 0 Å². The summed E-state index contributed by atoms with van der Waals surface area (Å²) in [6.07, 6.45) is 0.519. The van der Waals surface area contributed by atoms with Gasteiger partial charge in [0.05, 0.1) is 6.10 Å². The van der Waals surface area contributed by atoms with Gasteiger partial charge in [-0.2, -0.15) is 0 Å². The molecule has 6 heteroatoms. The molecule has 0 bridgehead atoms. The number of aromatic nitrogens is 2. The Hall–Kier alpha value is -1.40. The fraction of sp³-hybridized carbons (Fsp3) is 0.600. The predicted molar refractivity (Wildman–Crippen MR) is 60.4 cm³/mol. The Labute approximate surface area is 93.0 Å². The smallest absolute Gasteiger partial charge is 0.265 e. The number of nitrogens with two attached hydrogens (primary N) is 1. The Morgan fingerprint density at radius 1 is 1.50 bits per heavy atom. The number of nitrogens with one attached hydrogen (secondary N) is 1. The summed E-state index contributed by atoms with van der Waals surface area (Å²) in [5, 5.41) is 2.45. The molecule has 1 unspecified atom stereocenters. The normalized spacial score (nSPS) is 12.6. The highest BCUT2D eigenvalue weighted by Crippen LogP contribution is 1.97. The van der Waals surface area contributed by atoms with Crippen LogP contribution in [0, 0.1) is 0 Å². The lowest BCUT2D eigenvalue weighted by atomic mass is 10.2. The molecule has 0 saturated carbocycles. The van der Waals surface area contributed by atoms with Crippen molar-refractivity contribution in [2.24, 2.45) is 5.73 Å². The van der Waals surface area contributed by atoms with Gasteiger partial charge in [0.25, 0.3) is 11.1 Å². The number of hydrogen-bond acceptors (Lipinski definition) is 4. The van der Waals surface area contributed by atoms with Gasteiger partial charge in [-0.05, 0) is 13.3 Å². The fourth-order valence-corrected chi connectivity index (χ4v) is 1.41. The molecule has 0 saturated heterocycles. The minimum absolute atomic E-state index is 0.0828. The van der Waals surface area contributed by atoms with Gasteiger partial charge in [-0.25, -0.2) is 0 Å². The third-order valence-corrected chi connectivity index (χ3v) is 2.23. The number of nitrogens with zero attached hydrogens (tertiary/aromatic N) is 1. The highest BCUT2D eigenvalue weighted by atomic mass is 16.5. The van der Waals surface area contributed by atoms with Crippen LogP contribution in [0.1, 0.15) is 13.3 Å². The Bertz CT molecular complexity index is 424. The van der Waals surface area contributed by atoms with Gasteiger partial charge in [-0.3, -0.25) is 19.4 Å². The van der Waals surface area contributed by atoms with Crippen LogP contribution in [0.15, 0.2) is 21.7 Å². The van der Waals surface area contributed by atoms with Gasteiger partial charge in [0.1, 0.15) is 0 Å². The Kier molecular flexibility index (Phi) is 4.94. The van der Waals surface area contributed by atoms with Crippen LogP contribution in [-0.2, 0) is 11.3 Å². The number of hydrogen-bond donors (Lipinski definition) is 2. The van der Waals surface area contributed by atoms with E-state index in [1.54, 1.807) is 0 Å². The topological polar surface area (TPSA) is 90.1 Å². The molecule has 0 aliphatic carbocycles. The number of H-pyrrole nitrogens is 1. The van der Waals surface area contributed by atoms with Gasteiger partial charge >= 0.3 is 0 Å². The maximum Gasteiger partial charge on any atom is 0.265 e. The van der Waals surface area contributed by atoms with Gasteiger partial charge in [-0.1, -0.05) is 0 Å². The minimum atomic E-state index is -0.291. The maximum absolute atomic E-state index is 11.4. The first-order chi connectivity index (χ1) is 7.67. The zero-order chi connectivity index (χ0) is 12.0. The van der Waals surface area contributed by atoms with Gasteiger partial charge in [-0.15, -0.1) is 0 Å². The van der Waals surface area contributed by atoms with Gasteiger partial charge in [0.15, 0.2) is 0 Å². The SMILES string of the molecule is CCOC(CN)CCn1[nH]c(=O)ccc1=O. The number of rotatable bonds is 6. The van der Waals surface area contributed by atoms with Crippen molar-refractivity contribution in [3.05, 3.63) is 32.8 Å². The summed E-state index contributed by atoms with van der Waals surface area (Å²) in [5.41, 5.74) is 4.99. The highest BCUT2D eigenvalue weighted by Gasteiger charge is 2.06. The van der Waals surface area contributed by atoms with E-state index >= 15 is 0 Å². The lowest BCUT2D eigenvalue weighted by molar-refractivity contribution is 0.0588. The summed E-state index contributed by atoms with van der Waals surface area (Å²) < 4.78 is 6.62. The summed E-state index contributed by atoms with van der Waals surface area (Å²) >= 11 is 0. The average Bonchev–Trinajstić information content (AvgIpc) is 2.28. The van der Waals surface area contributed by atoms with Crippen molar-refractivity contribution >= 4 is 0 Å². The molecular formula is C10H17N3O3. The first-order valence-electron chi connectivity index (χ1n) is 5.29. The van der Waals surface area contributed by atoms with Crippen molar-refractivity contribution in [1.29, 1.82) is 0 Å². The van der Waals surface area contributed by atoms with Crippen LogP contribution in [-0.4, -0.2) is 29.0 Å². The predicted octanol–water partition coefficient (Wildman–Crippen LogP) is -0.709. The molecule has 6 nitrogen and oxygen atoms in total. The van der Waals surface area contributed by atoms with Crippen molar-refractivity contribution in [2.45, 2.75) is 26.0 Å². The Balaban J connectivity index is 2.63. The molecule has 1 aromatic rings. The van der Waals surface area contributed by atoms with E-state index in [2.05, 4.69) is 5.10 Å². The molecule has 1 atom stereocenters. The van der Waals surface area contributed by atoms with E-state index in [1.807, 2.05) is 6.92 Å². The molecule has 3 N–H and O–H groups in total. The van der Waals surface area contributed by atoms with E-state index in [-0.39, 0.29) is 17.2 Å². The molecule has 1 aromatic heterocycles. The standard InChI is InChI=1S/C10H17N3O3/c1-2-16-8(7-11)5-6-13-10(15)4-3-9(14)12-13/h3-4,8H,2,5-7,11H2,1H3,(H,12,14). The van der Waals surface area contributed by atoms with Crippen LogP contribution in [0.2, 0.25) is 0 Å².